The summed E-state index contributed by atoms with van der Waals surface area (Å²) in [6.45, 7) is 0.271. The summed E-state index contributed by atoms with van der Waals surface area (Å²) in [5.74, 6) is -3.76. The lowest BCUT2D eigenvalue weighted by Crippen LogP contribution is -2.57. The Labute approximate surface area is 207 Å². The van der Waals surface area contributed by atoms with Gasteiger partial charge < -0.3 is 31.5 Å². The third-order valence-electron chi connectivity index (χ3n) is 5.69. The SMILES string of the molecule is CSCCC(NC(=O)C(N)CC(=O)O)C(=O)NC(Cc1ccccc1)C(=O)N1CCCC1C(=O)O. The fourth-order valence-corrected chi connectivity index (χ4v) is 4.35. The van der Waals surface area contributed by atoms with Crippen LogP contribution in [0.1, 0.15) is 31.2 Å². The number of nitrogens with one attached hydrogen (secondary N) is 2. The molecule has 0 radical (unpaired) electrons. The number of hydrogen-bond acceptors (Lipinski definition) is 7. The topological polar surface area (TPSA) is 179 Å². The first kappa shape index (κ1) is 28.1. The average Bonchev–Trinajstić information content (AvgIpc) is 3.31. The Bertz CT molecular complexity index is 914. The molecule has 0 aromatic heterocycles. The number of carbonyl (C=O) groups is 5. The highest BCUT2D eigenvalue weighted by Gasteiger charge is 2.38. The molecule has 12 heteroatoms. The van der Waals surface area contributed by atoms with E-state index in [1.54, 1.807) is 24.3 Å². The molecule has 1 aliphatic heterocycles. The van der Waals surface area contributed by atoms with Crippen molar-refractivity contribution in [3.8, 4) is 0 Å². The van der Waals surface area contributed by atoms with Crippen LogP contribution >= 0.6 is 11.8 Å². The minimum absolute atomic E-state index is 0.135. The molecule has 0 aliphatic carbocycles. The first-order valence-corrected chi connectivity index (χ1v) is 12.7. The molecule has 1 aromatic rings. The van der Waals surface area contributed by atoms with Crippen LogP contribution < -0.4 is 16.4 Å². The van der Waals surface area contributed by atoms with Crippen LogP contribution in [0.3, 0.4) is 0 Å². The molecule has 1 fully saturated rings. The van der Waals surface area contributed by atoms with E-state index >= 15 is 0 Å². The smallest absolute Gasteiger partial charge is 0.326 e. The van der Waals surface area contributed by atoms with Crippen molar-refractivity contribution in [1.82, 2.24) is 15.5 Å². The van der Waals surface area contributed by atoms with E-state index in [4.69, 9.17) is 10.8 Å². The van der Waals surface area contributed by atoms with Gasteiger partial charge in [0.05, 0.1) is 12.5 Å². The van der Waals surface area contributed by atoms with Crippen LogP contribution in [0, 0.1) is 0 Å². The molecule has 1 heterocycles. The van der Waals surface area contributed by atoms with Crippen molar-refractivity contribution in [2.75, 3.05) is 18.6 Å². The van der Waals surface area contributed by atoms with Gasteiger partial charge in [-0.3, -0.25) is 19.2 Å². The first-order valence-electron chi connectivity index (χ1n) is 11.3. The van der Waals surface area contributed by atoms with Gasteiger partial charge in [-0.15, -0.1) is 0 Å². The number of hydrogen-bond donors (Lipinski definition) is 5. The predicted octanol–water partition coefficient (Wildman–Crippen LogP) is -0.171. The van der Waals surface area contributed by atoms with E-state index in [1.807, 2.05) is 12.3 Å². The van der Waals surface area contributed by atoms with Crippen LogP contribution in [0.2, 0.25) is 0 Å². The van der Waals surface area contributed by atoms with Crippen LogP contribution in [0.25, 0.3) is 0 Å². The molecule has 2 rings (SSSR count). The summed E-state index contributed by atoms with van der Waals surface area (Å²) in [7, 11) is 0. The zero-order valence-electron chi connectivity index (χ0n) is 19.5. The van der Waals surface area contributed by atoms with Gasteiger partial charge in [-0.25, -0.2) is 4.79 Å². The Morgan fingerprint density at radius 2 is 1.74 bits per heavy atom. The van der Waals surface area contributed by atoms with E-state index in [-0.39, 0.29) is 19.4 Å². The number of rotatable bonds is 13. The van der Waals surface area contributed by atoms with Crippen LogP contribution in [0.15, 0.2) is 30.3 Å². The fourth-order valence-electron chi connectivity index (χ4n) is 3.87. The lowest BCUT2D eigenvalue weighted by atomic mass is 10.0. The van der Waals surface area contributed by atoms with Crippen molar-refractivity contribution in [3.05, 3.63) is 35.9 Å². The molecule has 192 valence electrons. The average molecular weight is 509 g/mol. The highest BCUT2D eigenvalue weighted by molar-refractivity contribution is 7.98. The number of benzene rings is 1. The van der Waals surface area contributed by atoms with Crippen LogP contribution in [-0.4, -0.2) is 87.5 Å². The van der Waals surface area contributed by atoms with Gasteiger partial charge >= 0.3 is 11.9 Å². The van der Waals surface area contributed by atoms with Crippen molar-refractivity contribution in [2.45, 2.75) is 56.3 Å². The predicted molar refractivity (Wildman–Crippen MR) is 130 cm³/mol. The third-order valence-corrected chi connectivity index (χ3v) is 6.34. The van der Waals surface area contributed by atoms with Gasteiger partial charge in [0.15, 0.2) is 0 Å². The lowest BCUT2D eigenvalue weighted by molar-refractivity contribution is -0.149. The zero-order valence-corrected chi connectivity index (χ0v) is 20.3. The number of nitrogens with two attached hydrogens (primary N) is 1. The Morgan fingerprint density at radius 1 is 1.09 bits per heavy atom. The molecule has 1 aliphatic rings. The number of thioether (sulfide) groups is 1. The summed E-state index contributed by atoms with van der Waals surface area (Å²) in [6, 6.07) is 4.60. The maximum atomic E-state index is 13.4. The molecule has 0 spiro atoms. The summed E-state index contributed by atoms with van der Waals surface area (Å²) < 4.78 is 0. The second-order valence-electron chi connectivity index (χ2n) is 8.33. The van der Waals surface area contributed by atoms with Crippen molar-refractivity contribution >= 4 is 41.4 Å². The van der Waals surface area contributed by atoms with Gasteiger partial charge in [0.25, 0.3) is 0 Å². The normalized spacial score (nSPS) is 17.8. The summed E-state index contributed by atoms with van der Waals surface area (Å²) in [5, 5.41) is 23.6. The van der Waals surface area contributed by atoms with Gasteiger partial charge in [0, 0.05) is 13.0 Å². The van der Waals surface area contributed by atoms with Gasteiger partial charge in [-0.05, 0) is 36.8 Å². The molecule has 6 N–H and O–H groups in total. The highest BCUT2D eigenvalue weighted by Crippen LogP contribution is 2.20. The van der Waals surface area contributed by atoms with E-state index in [9.17, 15) is 29.1 Å². The maximum absolute atomic E-state index is 13.4. The second-order valence-corrected chi connectivity index (χ2v) is 9.31. The van der Waals surface area contributed by atoms with E-state index in [0.717, 1.165) is 5.56 Å². The number of nitrogens with zero attached hydrogens (tertiary/aromatic N) is 1. The van der Waals surface area contributed by atoms with Crippen LogP contribution in [0.5, 0.6) is 0 Å². The van der Waals surface area contributed by atoms with E-state index in [1.165, 1.54) is 16.7 Å². The molecule has 0 bridgehead atoms. The Morgan fingerprint density at radius 3 is 2.34 bits per heavy atom. The standard InChI is InChI=1S/C23H32N4O7S/c1-35-11-9-16(25-20(30)15(24)13-19(28)29)21(31)26-17(12-14-6-3-2-4-7-14)22(32)27-10-5-8-18(27)23(33)34/h2-4,6-7,15-18H,5,8-13,24H2,1H3,(H,25,30)(H,26,31)(H,28,29)(H,33,34). The molecule has 4 unspecified atom stereocenters. The second kappa shape index (κ2) is 13.7. The molecule has 4 atom stereocenters. The molecule has 0 saturated carbocycles. The molecule has 35 heavy (non-hydrogen) atoms. The number of carboxylic acid groups (broad SMARTS) is 2. The molecule has 3 amide bonds. The number of aliphatic carboxylic acids is 2. The van der Waals surface area contributed by atoms with Crippen molar-refractivity contribution in [3.63, 3.8) is 0 Å². The summed E-state index contributed by atoms with van der Waals surface area (Å²) >= 11 is 1.45. The molecule has 1 saturated heterocycles. The molecular weight excluding hydrogens is 476 g/mol. The quantitative estimate of drug-likeness (QED) is 0.242. The lowest BCUT2D eigenvalue weighted by Gasteiger charge is -2.29. The molecular formula is C23H32N4O7S. The monoisotopic (exact) mass is 508 g/mol. The number of likely N-dealkylation sites (tertiary alicyclic amines) is 1. The molecule has 11 nitrogen and oxygen atoms in total. The maximum Gasteiger partial charge on any atom is 0.326 e. The van der Waals surface area contributed by atoms with Crippen LogP contribution in [-0.2, 0) is 30.4 Å². The molecule has 1 aromatic carbocycles. The van der Waals surface area contributed by atoms with Gasteiger partial charge in [-0.2, -0.15) is 11.8 Å². The van der Waals surface area contributed by atoms with Crippen molar-refractivity contribution in [2.24, 2.45) is 5.73 Å². The fraction of sp³-hybridized carbons (Fsp3) is 0.522. The summed E-state index contributed by atoms with van der Waals surface area (Å²) in [6.07, 6.45) is 2.48. The summed E-state index contributed by atoms with van der Waals surface area (Å²) in [5.41, 5.74) is 6.40. The van der Waals surface area contributed by atoms with E-state index < -0.39 is 60.2 Å². The first-order chi connectivity index (χ1) is 16.6. The van der Waals surface area contributed by atoms with E-state index in [2.05, 4.69) is 10.6 Å². The minimum atomic E-state index is -1.33. The highest BCUT2D eigenvalue weighted by atomic mass is 32.2. The number of carbonyl (C=O) groups excluding carboxylic acids is 3. The van der Waals surface area contributed by atoms with Crippen LogP contribution in [0.4, 0.5) is 0 Å². The number of amides is 3. The van der Waals surface area contributed by atoms with Gasteiger partial charge in [0.1, 0.15) is 18.1 Å². The Kier molecular flexibility index (Phi) is 11.0. The summed E-state index contributed by atoms with van der Waals surface area (Å²) in [4.78, 5) is 62.7. The van der Waals surface area contributed by atoms with E-state index in [0.29, 0.717) is 18.6 Å². The zero-order chi connectivity index (χ0) is 26.0. The Balaban J connectivity index is 2.22. The van der Waals surface area contributed by atoms with Crippen molar-refractivity contribution < 1.29 is 34.2 Å². The Hall–Kier alpha value is -3.12. The van der Waals surface area contributed by atoms with Gasteiger partial charge in [0.2, 0.25) is 17.7 Å². The minimum Gasteiger partial charge on any atom is -0.481 e. The largest absolute Gasteiger partial charge is 0.481 e. The van der Waals surface area contributed by atoms with Crippen molar-refractivity contribution in [1.29, 1.82) is 0 Å². The number of carboxylic acids is 2. The third kappa shape index (κ3) is 8.55. The van der Waals surface area contributed by atoms with Gasteiger partial charge in [-0.1, -0.05) is 30.3 Å².